The van der Waals surface area contributed by atoms with Gasteiger partial charge in [0.25, 0.3) is 0 Å². The number of carbonyl (C=O) groups is 6. The van der Waals surface area contributed by atoms with E-state index >= 15 is 0 Å². The quantitative estimate of drug-likeness (QED) is 0.0608. The molecule has 0 radical (unpaired) electrons. The fourth-order valence-electron chi connectivity index (χ4n) is 8.04. The first-order valence-corrected chi connectivity index (χ1v) is 20.9. The molecule has 0 aliphatic heterocycles. The number of esters is 1. The van der Waals surface area contributed by atoms with E-state index < -0.39 is 66.1 Å². The average Bonchev–Trinajstić information content (AvgIpc) is 3.27. The second-order valence-electron chi connectivity index (χ2n) is 15.4. The van der Waals surface area contributed by atoms with Gasteiger partial charge in [-0.3, -0.25) is 4.79 Å². The standard InChI is InChI=1S/C45H56BN5O8/c1-2-15-36(41(53)44(56)47-27-38(52)51-40(33-21-10-5-11-22-33)45(57)59-28-30-16-6-3-7-17-30)49-42(54)37(26-34-24-14-23-31-18-12-13-25-35(31)34)50-43(55)39(48-29-46-58)32-19-8-4-9-20-32/h3,5-7,10-11,14,16-17,21-24,32,36-37,39-40,48H,2,4,8-9,12-13,15,18-20,25-29H2,1H3,(H,47,56)(H,49,54)(H,50,55)(H,51,52)/t36?,37-,39-,40-/m0/s1. The number of ether oxygens (including phenoxy) is 1. The Hall–Kier alpha value is -5.50. The molecule has 0 aromatic heterocycles. The van der Waals surface area contributed by atoms with Crippen LogP contribution < -0.4 is 26.6 Å². The van der Waals surface area contributed by atoms with Crippen molar-refractivity contribution in [1.82, 2.24) is 26.6 Å². The van der Waals surface area contributed by atoms with Gasteiger partial charge in [0.15, 0.2) is 6.04 Å². The summed E-state index contributed by atoms with van der Waals surface area (Å²) in [5, 5.41) is 13.7. The molecule has 1 unspecified atom stereocenters. The summed E-state index contributed by atoms with van der Waals surface area (Å²) in [5.41, 5.74) is 4.53. The van der Waals surface area contributed by atoms with E-state index in [0.717, 1.165) is 74.5 Å². The molecule has 2 aliphatic carbocycles. The van der Waals surface area contributed by atoms with E-state index in [1.807, 2.05) is 30.3 Å². The molecule has 0 heterocycles. The molecule has 0 spiro atoms. The van der Waals surface area contributed by atoms with Gasteiger partial charge in [-0.1, -0.05) is 60.7 Å². The van der Waals surface area contributed by atoms with Crippen LogP contribution in [0.4, 0.5) is 0 Å². The summed E-state index contributed by atoms with van der Waals surface area (Å²) in [6.07, 6.45) is 9.24. The van der Waals surface area contributed by atoms with Crippen LogP contribution in [0.3, 0.4) is 0 Å². The van der Waals surface area contributed by atoms with Crippen LogP contribution in [0.25, 0.3) is 0 Å². The van der Waals surface area contributed by atoms with E-state index in [1.54, 1.807) is 49.4 Å². The van der Waals surface area contributed by atoms with Crippen molar-refractivity contribution in [3.05, 3.63) is 107 Å². The Balaban J connectivity index is 1.26. The van der Waals surface area contributed by atoms with Crippen LogP contribution in [-0.2, 0) is 64.1 Å². The van der Waals surface area contributed by atoms with E-state index in [1.165, 1.54) is 5.56 Å². The zero-order chi connectivity index (χ0) is 42.0. The summed E-state index contributed by atoms with van der Waals surface area (Å²) in [4.78, 5) is 81.4. The minimum Gasteiger partial charge on any atom is -0.459 e. The van der Waals surface area contributed by atoms with Crippen molar-refractivity contribution in [1.29, 1.82) is 0 Å². The number of hydrogen-bond donors (Lipinski definition) is 5. The SMILES string of the molecule is CCCC(NC(=O)[C@H](Cc1cccc2c1CCCC2)NC(=O)[C@@H](NCB=O)C1CCCCC1)C(=O)C(=O)NCC(=O)N[C@H](C(=O)OCc1ccccc1)c1ccccc1. The Kier molecular flexibility index (Phi) is 17.5. The van der Waals surface area contributed by atoms with Gasteiger partial charge in [0.1, 0.15) is 6.61 Å². The molecule has 13 nitrogen and oxygen atoms in total. The van der Waals surface area contributed by atoms with Crippen LogP contribution >= 0.6 is 0 Å². The predicted octanol–water partition coefficient (Wildman–Crippen LogP) is 3.71. The molecule has 4 atom stereocenters. The molecule has 14 heteroatoms. The van der Waals surface area contributed by atoms with E-state index in [-0.39, 0.29) is 31.8 Å². The maximum absolute atomic E-state index is 14.2. The first-order chi connectivity index (χ1) is 28.7. The second kappa shape index (κ2) is 23.2. The number of fused-ring (bicyclic) bond motifs is 1. The molecular formula is C45H56BN5O8. The van der Waals surface area contributed by atoms with Crippen LogP contribution in [0, 0.1) is 5.92 Å². The Labute approximate surface area is 346 Å². The summed E-state index contributed by atoms with van der Waals surface area (Å²) in [7, 11) is 0.710. The van der Waals surface area contributed by atoms with Gasteiger partial charge in [0, 0.05) is 0 Å². The predicted molar refractivity (Wildman–Crippen MR) is 222 cm³/mol. The molecule has 3 aromatic rings. The van der Waals surface area contributed by atoms with Gasteiger partial charge in [-0.2, -0.15) is 0 Å². The van der Waals surface area contributed by atoms with Crippen LogP contribution in [0.5, 0.6) is 0 Å². The van der Waals surface area contributed by atoms with Gasteiger partial charge in [-0.25, -0.2) is 4.79 Å². The Bertz CT molecular complexity index is 1910. The fourth-order valence-corrected chi connectivity index (χ4v) is 8.04. The number of ketones is 1. The van der Waals surface area contributed by atoms with Gasteiger partial charge >= 0.3 is 231 Å². The van der Waals surface area contributed by atoms with E-state index in [9.17, 15) is 33.5 Å². The molecule has 312 valence electrons. The van der Waals surface area contributed by atoms with Crippen molar-refractivity contribution in [3.8, 4) is 0 Å². The maximum atomic E-state index is 14.2. The molecule has 1 saturated carbocycles. The summed E-state index contributed by atoms with van der Waals surface area (Å²) < 4.78 is 16.8. The molecule has 2 aliphatic rings. The number of aryl methyl sites for hydroxylation is 1. The van der Waals surface area contributed by atoms with Gasteiger partial charge in [-0.15, -0.1) is 0 Å². The fraction of sp³-hybridized carbons (Fsp3) is 0.467. The minimum atomic E-state index is -1.24. The summed E-state index contributed by atoms with van der Waals surface area (Å²) in [6, 6.07) is 19.4. The summed E-state index contributed by atoms with van der Waals surface area (Å²) in [5.74, 6) is -4.51. The third-order valence-corrected chi connectivity index (χ3v) is 11.1. The van der Waals surface area contributed by atoms with Crippen LogP contribution in [0.1, 0.15) is 98.6 Å². The van der Waals surface area contributed by atoms with Crippen molar-refractivity contribution in [2.45, 2.75) is 115 Å². The normalized spacial score (nSPS) is 15.8. The van der Waals surface area contributed by atoms with Gasteiger partial charge in [0.2, 0.25) is 5.91 Å². The Morgan fingerprint density at radius 1 is 0.763 bits per heavy atom. The third kappa shape index (κ3) is 13.3. The number of benzene rings is 3. The third-order valence-electron chi connectivity index (χ3n) is 11.1. The number of Topliss-reactive ketones (excluding diaryl/α,β-unsaturated/α-hetero) is 1. The van der Waals surface area contributed by atoms with Gasteiger partial charge < -0.3 is 10.1 Å². The van der Waals surface area contributed by atoms with E-state index in [0.29, 0.717) is 19.1 Å². The molecule has 5 rings (SSSR count). The molecule has 3 aromatic carbocycles. The molecule has 0 saturated heterocycles. The smallest absolute Gasteiger partial charge is 0.459 e. The minimum absolute atomic E-state index is 0.00452. The number of nitrogens with one attached hydrogen (secondary N) is 5. The van der Waals surface area contributed by atoms with E-state index in [4.69, 9.17) is 4.74 Å². The number of hydrogen-bond acceptors (Lipinski definition) is 9. The Morgan fingerprint density at radius 2 is 1.46 bits per heavy atom. The second-order valence-corrected chi connectivity index (χ2v) is 15.4. The molecule has 0 bridgehead atoms. The number of rotatable bonds is 21. The monoisotopic (exact) mass is 805 g/mol. The van der Waals surface area contributed by atoms with Crippen molar-refractivity contribution >= 4 is 42.5 Å². The zero-order valence-corrected chi connectivity index (χ0v) is 33.8. The number of amides is 4. The summed E-state index contributed by atoms with van der Waals surface area (Å²) in [6.45, 7) is 1.17. The van der Waals surface area contributed by atoms with Crippen molar-refractivity contribution in [2.24, 2.45) is 5.92 Å². The molecular weight excluding hydrogens is 749 g/mol. The van der Waals surface area contributed by atoms with Crippen LogP contribution in [-0.4, -0.2) is 73.6 Å². The van der Waals surface area contributed by atoms with Gasteiger partial charge in [-0.05, 0) is 11.1 Å². The van der Waals surface area contributed by atoms with E-state index in [2.05, 4.69) is 32.7 Å². The average molecular weight is 806 g/mol. The molecule has 4 amide bonds. The first-order valence-electron chi connectivity index (χ1n) is 20.9. The van der Waals surface area contributed by atoms with Crippen molar-refractivity contribution < 1.29 is 38.2 Å². The first kappa shape index (κ1) is 44.6. The van der Waals surface area contributed by atoms with Crippen LogP contribution in [0.15, 0.2) is 78.9 Å². The topological polar surface area (TPSA) is 189 Å². The van der Waals surface area contributed by atoms with Gasteiger partial charge in [0.05, 0.1) is 6.54 Å². The Morgan fingerprint density at radius 3 is 2.17 bits per heavy atom. The molecule has 59 heavy (non-hydrogen) atoms. The molecule has 5 N–H and O–H groups in total. The summed E-state index contributed by atoms with van der Waals surface area (Å²) >= 11 is 0. The number of carbonyl (C=O) groups excluding carboxylic acids is 6. The zero-order valence-electron chi connectivity index (χ0n) is 33.8. The van der Waals surface area contributed by atoms with Crippen molar-refractivity contribution in [3.63, 3.8) is 0 Å². The van der Waals surface area contributed by atoms with Crippen LogP contribution in [0.2, 0.25) is 0 Å². The van der Waals surface area contributed by atoms with Crippen molar-refractivity contribution in [2.75, 3.05) is 13.0 Å². The molecule has 1 fully saturated rings.